The minimum absolute atomic E-state index is 0.670. The first-order valence-electron chi connectivity index (χ1n) is 8.54. The molecule has 1 atom stereocenters. The van der Waals surface area contributed by atoms with Crippen LogP contribution in [0.3, 0.4) is 0 Å². The van der Waals surface area contributed by atoms with E-state index in [2.05, 4.69) is 66.0 Å². The molecule has 1 aromatic carbocycles. The number of rotatable bonds is 8. The summed E-state index contributed by atoms with van der Waals surface area (Å²) in [6.45, 7) is 14.6. The van der Waals surface area contributed by atoms with Crippen molar-refractivity contribution in [1.82, 2.24) is 0 Å². The van der Waals surface area contributed by atoms with Crippen LogP contribution in [0.4, 0.5) is 0 Å². The smallest absolute Gasteiger partial charge is 0.0415 e. The van der Waals surface area contributed by atoms with Crippen molar-refractivity contribution >= 4 is 6.21 Å². The number of nitrogens with zero attached hydrogens (tertiary/aromatic N) is 1. The molecular weight excluding hydrogens is 254 g/mol. The zero-order valence-corrected chi connectivity index (χ0v) is 14.8. The number of aryl methyl sites for hydroxylation is 1. The summed E-state index contributed by atoms with van der Waals surface area (Å²) in [4.78, 5) is 4.75. The van der Waals surface area contributed by atoms with E-state index in [4.69, 9.17) is 4.99 Å². The molecule has 0 spiro atoms. The van der Waals surface area contributed by atoms with Gasteiger partial charge in [-0.15, -0.1) is 0 Å². The average molecular weight is 287 g/mol. The molecule has 0 bridgehead atoms. The van der Waals surface area contributed by atoms with Crippen molar-refractivity contribution in [3.63, 3.8) is 0 Å². The highest BCUT2D eigenvalue weighted by Gasteiger charge is 2.08. The normalized spacial score (nSPS) is 13.5. The first kappa shape index (κ1) is 17.9. The van der Waals surface area contributed by atoms with Crippen LogP contribution < -0.4 is 0 Å². The van der Waals surface area contributed by atoms with Gasteiger partial charge in [0.1, 0.15) is 0 Å². The van der Waals surface area contributed by atoms with Crippen LogP contribution in [0.1, 0.15) is 64.7 Å². The molecule has 1 aromatic rings. The molecule has 1 heteroatoms. The third-order valence-corrected chi connectivity index (χ3v) is 3.81. The number of aliphatic imine (C=N–C) groups is 1. The first-order valence-corrected chi connectivity index (χ1v) is 8.54. The highest BCUT2D eigenvalue weighted by molar-refractivity contribution is 5.84. The highest BCUT2D eigenvalue weighted by Crippen LogP contribution is 2.18. The quantitative estimate of drug-likeness (QED) is 0.556. The van der Waals surface area contributed by atoms with Crippen LogP contribution in [-0.4, -0.2) is 12.8 Å². The summed E-state index contributed by atoms with van der Waals surface area (Å²) in [6, 6.07) is 6.69. The predicted molar refractivity (Wildman–Crippen MR) is 95.4 cm³/mol. The van der Waals surface area contributed by atoms with Gasteiger partial charge >= 0.3 is 0 Å². The lowest BCUT2D eigenvalue weighted by molar-refractivity contribution is 0.448. The Bertz CT molecular complexity index is 443. The molecule has 118 valence electrons. The number of benzene rings is 1. The van der Waals surface area contributed by atoms with E-state index in [0.717, 1.165) is 25.3 Å². The van der Waals surface area contributed by atoms with Gasteiger partial charge in [-0.3, -0.25) is 4.99 Å². The fourth-order valence-electron chi connectivity index (χ4n) is 2.96. The maximum absolute atomic E-state index is 4.75. The molecule has 0 radical (unpaired) electrons. The summed E-state index contributed by atoms with van der Waals surface area (Å²) in [5.74, 6) is 2.11. The van der Waals surface area contributed by atoms with Gasteiger partial charge < -0.3 is 0 Å². The van der Waals surface area contributed by atoms with Gasteiger partial charge in [-0.2, -0.15) is 0 Å². The van der Waals surface area contributed by atoms with E-state index in [1.54, 1.807) is 0 Å². The van der Waals surface area contributed by atoms with Gasteiger partial charge in [-0.05, 0) is 53.7 Å². The Morgan fingerprint density at radius 1 is 1.00 bits per heavy atom. The zero-order chi connectivity index (χ0) is 15.8. The largest absolute Gasteiger partial charge is 0.292 e. The molecule has 0 saturated heterocycles. The van der Waals surface area contributed by atoms with E-state index < -0.39 is 0 Å². The third-order valence-electron chi connectivity index (χ3n) is 3.81. The second kappa shape index (κ2) is 9.02. The molecule has 0 N–H and O–H groups in total. The van der Waals surface area contributed by atoms with Crippen molar-refractivity contribution in [3.05, 3.63) is 34.9 Å². The second-order valence-electron chi connectivity index (χ2n) is 7.17. The Labute approximate surface area is 131 Å². The maximum atomic E-state index is 4.75. The molecule has 1 unspecified atom stereocenters. The summed E-state index contributed by atoms with van der Waals surface area (Å²) in [5.41, 5.74) is 4.24. The van der Waals surface area contributed by atoms with E-state index in [1.165, 1.54) is 23.1 Å². The minimum Gasteiger partial charge on any atom is -0.292 e. The SMILES string of the molecule is CCc1cccc(CC(C)C)c1C=NCC(C)CC(C)C. The van der Waals surface area contributed by atoms with E-state index in [0.29, 0.717) is 11.8 Å². The van der Waals surface area contributed by atoms with Gasteiger partial charge in [-0.25, -0.2) is 0 Å². The Morgan fingerprint density at radius 2 is 1.67 bits per heavy atom. The molecule has 1 nitrogen and oxygen atoms in total. The molecule has 0 aromatic heterocycles. The molecular formula is C20H33N. The summed E-state index contributed by atoms with van der Waals surface area (Å²) in [6.07, 6.45) is 5.60. The minimum atomic E-state index is 0.670. The Hall–Kier alpha value is -1.11. The molecule has 0 heterocycles. The highest BCUT2D eigenvalue weighted by atomic mass is 14.7. The lowest BCUT2D eigenvalue weighted by atomic mass is 9.94. The Kier molecular flexibility index (Phi) is 7.71. The molecule has 0 aliphatic rings. The molecule has 0 aliphatic carbocycles. The maximum Gasteiger partial charge on any atom is 0.0415 e. The number of hydrogen-bond acceptors (Lipinski definition) is 1. The van der Waals surface area contributed by atoms with Crippen molar-refractivity contribution in [3.8, 4) is 0 Å². The fraction of sp³-hybridized carbons (Fsp3) is 0.650. The van der Waals surface area contributed by atoms with Crippen LogP contribution in [-0.2, 0) is 12.8 Å². The van der Waals surface area contributed by atoms with Crippen molar-refractivity contribution in [2.75, 3.05) is 6.54 Å². The van der Waals surface area contributed by atoms with Crippen molar-refractivity contribution in [2.45, 2.75) is 60.8 Å². The zero-order valence-electron chi connectivity index (χ0n) is 14.8. The van der Waals surface area contributed by atoms with Crippen LogP contribution in [0, 0.1) is 17.8 Å². The van der Waals surface area contributed by atoms with Crippen molar-refractivity contribution < 1.29 is 0 Å². The standard InChI is InChI=1S/C20H33N/c1-7-18-9-8-10-19(12-16(4)5)20(18)14-21-13-17(6)11-15(2)3/h8-10,14-17H,7,11-13H2,1-6H3. The molecule has 21 heavy (non-hydrogen) atoms. The van der Waals surface area contributed by atoms with Gasteiger partial charge in [0, 0.05) is 12.8 Å². The van der Waals surface area contributed by atoms with Crippen LogP contribution in [0.15, 0.2) is 23.2 Å². The Morgan fingerprint density at radius 3 is 2.24 bits per heavy atom. The first-order chi connectivity index (χ1) is 9.93. The summed E-state index contributed by atoms with van der Waals surface area (Å²) < 4.78 is 0. The third kappa shape index (κ3) is 6.46. The summed E-state index contributed by atoms with van der Waals surface area (Å²) >= 11 is 0. The van der Waals surface area contributed by atoms with Crippen LogP contribution in [0.2, 0.25) is 0 Å². The predicted octanol–water partition coefficient (Wildman–Crippen LogP) is 5.55. The van der Waals surface area contributed by atoms with Crippen molar-refractivity contribution in [2.24, 2.45) is 22.7 Å². The molecule has 0 amide bonds. The van der Waals surface area contributed by atoms with Gasteiger partial charge in [-0.1, -0.05) is 59.7 Å². The fourth-order valence-corrected chi connectivity index (χ4v) is 2.96. The van der Waals surface area contributed by atoms with Crippen molar-refractivity contribution in [1.29, 1.82) is 0 Å². The second-order valence-corrected chi connectivity index (χ2v) is 7.17. The van der Waals surface area contributed by atoms with Crippen LogP contribution >= 0.6 is 0 Å². The van der Waals surface area contributed by atoms with Gasteiger partial charge in [0.15, 0.2) is 0 Å². The van der Waals surface area contributed by atoms with Crippen LogP contribution in [0.5, 0.6) is 0 Å². The lowest BCUT2D eigenvalue weighted by Gasteiger charge is -2.13. The average Bonchev–Trinajstić information content (AvgIpc) is 2.38. The molecule has 0 saturated carbocycles. The molecule has 0 aliphatic heterocycles. The number of hydrogen-bond donors (Lipinski definition) is 0. The van der Waals surface area contributed by atoms with E-state index in [1.807, 2.05) is 0 Å². The lowest BCUT2D eigenvalue weighted by Crippen LogP contribution is -2.06. The molecule has 0 fully saturated rings. The Balaban J connectivity index is 2.84. The van der Waals surface area contributed by atoms with E-state index >= 15 is 0 Å². The summed E-state index contributed by atoms with van der Waals surface area (Å²) in [5, 5.41) is 0. The monoisotopic (exact) mass is 287 g/mol. The van der Waals surface area contributed by atoms with E-state index in [-0.39, 0.29) is 0 Å². The van der Waals surface area contributed by atoms with Gasteiger partial charge in [0.2, 0.25) is 0 Å². The topological polar surface area (TPSA) is 12.4 Å². The molecule has 1 rings (SSSR count). The van der Waals surface area contributed by atoms with E-state index in [9.17, 15) is 0 Å². The van der Waals surface area contributed by atoms with Gasteiger partial charge in [0.25, 0.3) is 0 Å². The van der Waals surface area contributed by atoms with Crippen LogP contribution in [0.25, 0.3) is 0 Å². The van der Waals surface area contributed by atoms with Gasteiger partial charge in [0.05, 0.1) is 0 Å². The summed E-state index contributed by atoms with van der Waals surface area (Å²) in [7, 11) is 0.